The predicted octanol–water partition coefficient (Wildman–Crippen LogP) is 3.58. The molecule has 22 heavy (non-hydrogen) atoms. The highest BCUT2D eigenvalue weighted by atomic mass is 32.1. The van der Waals surface area contributed by atoms with Gasteiger partial charge in [-0.2, -0.15) is 4.68 Å². The van der Waals surface area contributed by atoms with Crippen LogP contribution >= 0.6 is 11.3 Å². The highest BCUT2D eigenvalue weighted by molar-refractivity contribution is 7.20. The van der Waals surface area contributed by atoms with Crippen molar-refractivity contribution >= 4 is 21.6 Å². The first kappa shape index (κ1) is 13.0. The van der Waals surface area contributed by atoms with Gasteiger partial charge >= 0.3 is 0 Å². The topological polar surface area (TPSA) is 50.7 Å². The molecule has 0 unspecified atom stereocenters. The Morgan fingerprint density at radius 2 is 1.86 bits per heavy atom. The molecule has 4 aromatic rings. The second kappa shape index (κ2) is 4.92. The van der Waals surface area contributed by atoms with Crippen LogP contribution in [0.2, 0.25) is 0 Å². The fourth-order valence-corrected chi connectivity index (χ4v) is 3.20. The summed E-state index contributed by atoms with van der Waals surface area (Å²) in [5.74, 6) is -0.309. The fraction of sp³-hybridized carbons (Fsp3) is 0. The van der Waals surface area contributed by atoms with Crippen molar-refractivity contribution in [1.82, 2.24) is 14.8 Å². The lowest BCUT2D eigenvalue weighted by Crippen LogP contribution is -2.12. The molecule has 2 aromatic carbocycles. The SMILES string of the molecule is O=c1cc(-c2ccc(F)cc2)[nH]n1-c1nc2ccccc2s1. The summed E-state index contributed by atoms with van der Waals surface area (Å²) >= 11 is 1.44. The van der Waals surface area contributed by atoms with Gasteiger partial charge in [-0.1, -0.05) is 23.5 Å². The fourth-order valence-electron chi connectivity index (χ4n) is 2.27. The molecule has 0 saturated carbocycles. The summed E-state index contributed by atoms with van der Waals surface area (Å²) in [4.78, 5) is 16.6. The van der Waals surface area contributed by atoms with Crippen molar-refractivity contribution in [3.63, 3.8) is 0 Å². The molecule has 0 aliphatic carbocycles. The molecule has 6 heteroatoms. The Balaban J connectivity index is 1.82. The molecular weight excluding hydrogens is 301 g/mol. The lowest BCUT2D eigenvalue weighted by Gasteiger charge is -1.98. The highest BCUT2D eigenvalue weighted by Crippen LogP contribution is 2.24. The van der Waals surface area contributed by atoms with Crippen LogP contribution in [0.25, 0.3) is 26.6 Å². The predicted molar refractivity (Wildman–Crippen MR) is 85.0 cm³/mol. The van der Waals surface area contributed by atoms with Crippen molar-refractivity contribution in [1.29, 1.82) is 0 Å². The standard InChI is InChI=1S/C16H10FN3OS/c17-11-7-5-10(6-8-11)13-9-15(21)20(19-13)16-18-12-3-1-2-4-14(12)22-16/h1-9,19H. The molecule has 0 aliphatic heterocycles. The van der Waals surface area contributed by atoms with Crippen LogP contribution in [0.5, 0.6) is 0 Å². The van der Waals surface area contributed by atoms with Gasteiger partial charge in [-0.25, -0.2) is 9.37 Å². The van der Waals surface area contributed by atoms with E-state index in [0.29, 0.717) is 10.8 Å². The average Bonchev–Trinajstić information content (AvgIpc) is 3.11. The third-order valence-electron chi connectivity index (χ3n) is 3.35. The second-order valence-corrected chi connectivity index (χ2v) is 5.82. The van der Waals surface area contributed by atoms with Gasteiger partial charge in [-0.3, -0.25) is 9.89 Å². The molecule has 0 amide bonds. The zero-order valence-electron chi connectivity index (χ0n) is 11.3. The number of hydrogen-bond donors (Lipinski definition) is 1. The second-order valence-electron chi connectivity index (χ2n) is 4.81. The Kier molecular flexibility index (Phi) is 2.90. The molecule has 0 atom stereocenters. The monoisotopic (exact) mass is 311 g/mol. The van der Waals surface area contributed by atoms with Gasteiger partial charge in [0.25, 0.3) is 5.56 Å². The summed E-state index contributed by atoms with van der Waals surface area (Å²) in [6.45, 7) is 0. The largest absolute Gasteiger partial charge is 0.288 e. The lowest BCUT2D eigenvalue weighted by atomic mass is 10.1. The van der Waals surface area contributed by atoms with Crippen molar-refractivity contribution < 1.29 is 4.39 Å². The number of thiazole rings is 1. The average molecular weight is 311 g/mol. The lowest BCUT2D eigenvalue weighted by molar-refractivity contribution is 0.628. The van der Waals surface area contributed by atoms with E-state index in [9.17, 15) is 9.18 Å². The van der Waals surface area contributed by atoms with Crippen molar-refractivity contribution in [2.45, 2.75) is 0 Å². The smallest absolute Gasteiger partial charge is 0.273 e. The number of nitrogens with one attached hydrogen (secondary N) is 1. The first-order valence-electron chi connectivity index (χ1n) is 6.65. The van der Waals surface area contributed by atoms with Gasteiger partial charge < -0.3 is 0 Å². The van der Waals surface area contributed by atoms with Crippen LogP contribution in [0.3, 0.4) is 0 Å². The van der Waals surface area contributed by atoms with E-state index in [1.165, 1.54) is 34.2 Å². The maximum atomic E-state index is 13.0. The van der Waals surface area contributed by atoms with E-state index < -0.39 is 0 Å². The number of hydrogen-bond acceptors (Lipinski definition) is 3. The minimum Gasteiger partial charge on any atom is -0.288 e. The van der Waals surface area contributed by atoms with E-state index in [-0.39, 0.29) is 11.4 Å². The van der Waals surface area contributed by atoms with Crippen molar-refractivity contribution in [3.05, 3.63) is 70.8 Å². The minimum absolute atomic E-state index is 0.196. The number of rotatable bonds is 2. The molecule has 108 valence electrons. The van der Waals surface area contributed by atoms with E-state index >= 15 is 0 Å². The quantitative estimate of drug-likeness (QED) is 0.615. The Morgan fingerprint density at radius 1 is 1.09 bits per heavy atom. The molecule has 0 radical (unpaired) electrons. The van der Waals surface area contributed by atoms with E-state index in [4.69, 9.17) is 0 Å². The van der Waals surface area contributed by atoms with Crippen LogP contribution in [0, 0.1) is 5.82 Å². The van der Waals surface area contributed by atoms with Gasteiger partial charge in [0.05, 0.1) is 15.9 Å². The first-order chi connectivity index (χ1) is 10.7. The third kappa shape index (κ3) is 2.14. The van der Waals surface area contributed by atoms with Gasteiger partial charge in [-0.05, 0) is 42.0 Å². The van der Waals surface area contributed by atoms with E-state index in [0.717, 1.165) is 15.8 Å². The van der Waals surface area contributed by atoms with Gasteiger partial charge in [0.1, 0.15) is 5.82 Å². The normalized spacial score (nSPS) is 11.1. The van der Waals surface area contributed by atoms with Crippen LogP contribution in [0.15, 0.2) is 59.4 Å². The van der Waals surface area contributed by atoms with Crippen molar-refractivity contribution in [2.24, 2.45) is 0 Å². The molecular formula is C16H10FN3OS. The Bertz CT molecular complexity index is 981. The van der Waals surface area contributed by atoms with Crippen molar-refractivity contribution in [3.8, 4) is 16.4 Å². The summed E-state index contributed by atoms with van der Waals surface area (Å²) in [5, 5.41) is 3.61. The van der Waals surface area contributed by atoms with Crippen LogP contribution in [0.1, 0.15) is 0 Å². The number of nitrogens with zero attached hydrogens (tertiary/aromatic N) is 2. The van der Waals surface area contributed by atoms with Crippen LogP contribution in [-0.2, 0) is 0 Å². The Morgan fingerprint density at radius 3 is 2.64 bits per heavy atom. The molecule has 1 N–H and O–H groups in total. The zero-order chi connectivity index (χ0) is 15.1. The molecule has 0 saturated heterocycles. The van der Waals surface area contributed by atoms with Gasteiger partial charge in [0, 0.05) is 6.07 Å². The van der Waals surface area contributed by atoms with Gasteiger partial charge in [0.15, 0.2) is 0 Å². The maximum Gasteiger partial charge on any atom is 0.273 e. The molecule has 4 rings (SSSR count). The summed E-state index contributed by atoms with van der Waals surface area (Å²) in [5.41, 5.74) is 2.04. The molecule has 2 heterocycles. The van der Waals surface area contributed by atoms with Crippen LogP contribution in [-0.4, -0.2) is 14.8 Å². The number of aromatic nitrogens is 3. The molecule has 0 aliphatic rings. The molecule has 2 aromatic heterocycles. The summed E-state index contributed by atoms with van der Waals surface area (Å²) < 4.78 is 15.4. The number of para-hydroxylation sites is 1. The van der Waals surface area contributed by atoms with E-state index in [1.807, 2.05) is 24.3 Å². The molecule has 4 nitrogen and oxygen atoms in total. The van der Waals surface area contributed by atoms with Crippen molar-refractivity contribution in [2.75, 3.05) is 0 Å². The highest BCUT2D eigenvalue weighted by Gasteiger charge is 2.11. The summed E-state index contributed by atoms with van der Waals surface area (Å²) in [7, 11) is 0. The first-order valence-corrected chi connectivity index (χ1v) is 7.46. The van der Waals surface area contributed by atoms with E-state index in [2.05, 4.69) is 10.1 Å². The number of H-pyrrole nitrogens is 1. The minimum atomic E-state index is -0.309. The number of aromatic amines is 1. The number of benzene rings is 2. The summed E-state index contributed by atoms with van der Waals surface area (Å²) in [6, 6.07) is 15.2. The van der Waals surface area contributed by atoms with Gasteiger partial charge in [0.2, 0.25) is 5.13 Å². The molecule has 0 bridgehead atoms. The van der Waals surface area contributed by atoms with Crippen LogP contribution in [0.4, 0.5) is 4.39 Å². The summed E-state index contributed by atoms with van der Waals surface area (Å²) in [6.07, 6.45) is 0. The maximum absolute atomic E-state index is 13.0. The molecule has 0 spiro atoms. The van der Waals surface area contributed by atoms with Crippen LogP contribution < -0.4 is 5.56 Å². The molecule has 0 fully saturated rings. The Hall–Kier alpha value is -2.73. The Labute approximate surface area is 128 Å². The number of fused-ring (bicyclic) bond motifs is 1. The zero-order valence-corrected chi connectivity index (χ0v) is 12.1. The third-order valence-corrected chi connectivity index (χ3v) is 4.37. The number of halogens is 1. The van der Waals surface area contributed by atoms with E-state index in [1.54, 1.807) is 12.1 Å². The van der Waals surface area contributed by atoms with Gasteiger partial charge in [-0.15, -0.1) is 0 Å².